The Hall–Kier alpha value is -0.970. The van der Waals surface area contributed by atoms with Gasteiger partial charge in [-0.1, -0.05) is 30.3 Å². The number of ketones is 1. The van der Waals surface area contributed by atoms with Gasteiger partial charge in [-0.05, 0) is 32.9 Å². The summed E-state index contributed by atoms with van der Waals surface area (Å²) in [5.74, 6) is 0.175. The highest BCUT2D eigenvalue weighted by atomic mass is 79.9. The molecule has 18 heavy (non-hydrogen) atoms. The second-order valence-electron chi connectivity index (χ2n) is 4.13. The highest BCUT2D eigenvalue weighted by Crippen LogP contribution is 2.24. The van der Waals surface area contributed by atoms with Crippen molar-refractivity contribution in [2.45, 2.75) is 18.9 Å². The lowest BCUT2D eigenvalue weighted by Crippen LogP contribution is -2.16. The van der Waals surface area contributed by atoms with E-state index in [2.05, 4.69) is 15.9 Å². The van der Waals surface area contributed by atoms with Gasteiger partial charge in [0.25, 0.3) is 0 Å². The molecule has 0 fully saturated rings. The molecule has 0 saturated heterocycles. The summed E-state index contributed by atoms with van der Waals surface area (Å²) in [7, 11) is 0. The van der Waals surface area contributed by atoms with Gasteiger partial charge in [0.1, 0.15) is 5.78 Å². The third kappa shape index (κ3) is 3.51. The number of halogens is 1. The van der Waals surface area contributed by atoms with Crippen LogP contribution in [0.25, 0.3) is 0 Å². The summed E-state index contributed by atoms with van der Waals surface area (Å²) >= 11 is 5.03. The molecule has 0 aliphatic heterocycles. The maximum absolute atomic E-state index is 12.0. The van der Waals surface area contributed by atoms with Gasteiger partial charge in [0.05, 0.1) is 0 Å². The Balaban J connectivity index is 1.94. The van der Waals surface area contributed by atoms with E-state index in [1.165, 1.54) is 0 Å². The fraction of sp³-hybridized carbons (Fsp3) is 0.214. The van der Waals surface area contributed by atoms with Crippen LogP contribution in [0, 0.1) is 0 Å². The standard InChI is InChI=1S/C14H14BrNOS/c15-12-6-7-18-14(12)9-11(17)8-13(16)10-4-2-1-3-5-10/h1-7,13H,8-9,16H2. The van der Waals surface area contributed by atoms with E-state index >= 15 is 0 Å². The molecule has 0 bridgehead atoms. The van der Waals surface area contributed by atoms with Crippen molar-refractivity contribution < 1.29 is 4.79 Å². The zero-order chi connectivity index (χ0) is 13.0. The third-order valence-corrected chi connectivity index (χ3v) is 4.65. The Labute approximate surface area is 119 Å². The first-order valence-electron chi connectivity index (χ1n) is 5.71. The van der Waals surface area contributed by atoms with E-state index in [4.69, 9.17) is 5.73 Å². The molecule has 2 aromatic rings. The Morgan fingerprint density at radius 1 is 1.28 bits per heavy atom. The predicted octanol–water partition coefficient (Wildman–Crippen LogP) is 3.71. The normalized spacial score (nSPS) is 12.3. The first-order valence-corrected chi connectivity index (χ1v) is 7.38. The fourth-order valence-electron chi connectivity index (χ4n) is 1.77. The largest absolute Gasteiger partial charge is 0.324 e. The number of Topliss-reactive ketones (excluding diaryl/α,β-unsaturated/α-hetero) is 1. The van der Waals surface area contributed by atoms with Crippen molar-refractivity contribution in [3.63, 3.8) is 0 Å². The number of carbonyl (C=O) groups excluding carboxylic acids is 1. The molecule has 2 N–H and O–H groups in total. The molecule has 94 valence electrons. The van der Waals surface area contributed by atoms with E-state index < -0.39 is 0 Å². The smallest absolute Gasteiger partial charge is 0.140 e. The molecule has 4 heteroatoms. The summed E-state index contributed by atoms with van der Waals surface area (Å²) < 4.78 is 1.01. The summed E-state index contributed by atoms with van der Waals surface area (Å²) in [6.45, 7) is 0. The molecule has 2 rings (SSSR count). The van der Waals surface area contributed by atoms with Gasteiger partial charge >= 0.3 is 0 Å². The molecule has 1 unspecified atom stereocenters. The van der Waals surface area contributed by atoms with Gasteiger partial charge in [0.15, 0.2) is 0 Å². The van der Waals surface area contributed by atoms with Crippen LogP contribution in [0.3, 0.4) is 0 Å². The van der Waals surface area contributed by atoms with Crippen LogP contribution in [0.1, 0.15) is 22.9 Å². The minimum atomic E-state index is -0.211. The first kappa shape index (κ1) is 13.5. The molecule has 0 spiro atoms. The van der Waals surface area contributed by atoms with Gasteiger partial charge in [-0.3, -0.25) is 4.79 Å². The Bertz CT molecular complexity index is 524. The monoisotopic (exact) mass is 323 g/mol. The van der Waals surface area contributed by atoms with E-state index in [1.807, 2.05) is 41.8 Å². The Morgan fingerprint density at radius 3 is 2.61 bits per heavy atom. The Kier molecular flexibility index (Phi) is 4.69. The van der Waals surface area contributed by atoms with Crippen LogP contribution < -0.4 is 5.73 Å². The van der Waals surface area contributed by atoms with Crippen molar-refractivity contribution in [1.82, 2.24) is 0 Å². The quantitative estimate of drug-likeness (QED) is 0.911. The van der Waals surface area contributed by atoms with E-state index in [0.717, 1.165) is 14.9 Å². The summed E-state index contributed by atoms with van der Waals surface area (Å²) in [6, 6.07) is 11.5. The van der Waals surface area contributed by atoms with Crippen LogP contribution in [-0.2, 0) is 11.2 Å². The number of thiophene rings is 1. The van der Waals surface area contributed by atoms with E-state index in [1.54, 1.807) is 11.3 Å². The van der Waals surface area contributed by atoms with Gasteiger partial charge in [0.2, 0.25) is 0 Å². The second-order valence-corrected chi connectivity index (χ2v) is 5.98. The number of hydrogen-bond acceptors (Lipinski definition) is 3. The van der Waals surface area contributed by atoms with Crippen LogP contribution in [0.5, 0.6) is 0 Å². The first-order chi connectivity index (χ1) is 8.66. The minimum absolute atomic E-state index is 0.175. The molecule has 0 aliphatic rings. The van der Waals surface area contributed by atoms with Gasteiger partial charge in [-0.2, -0.15) is 0 Å². The zero-order valence-electron chi connectivity index (χ0n) is 9.80. The van der Waals surface area contributed by atoms with E-state index in [0.29, 0.717) is 12.8 Å². The van der Waals surface area contributed by atoms with Crippen molar-refractivity contribution in [2.24, 2.45) is 5.73 Å². The molecule has 2 nitrogen and oxygen atoms in total. The van der Waals surface area contributed by atoms with Crippen LogP contribution in [0.2, 0.25) is 0 Å². The molecule has 1 aromatic carbocycles. The van der Waals surface area contributed by atoms with Crippen molar-refractivity contribution in [2.75, 3.05) is 0 Å². The molecular weight excluding hydrogens is 310 g/mol. The second kappa shape index (κ2) is 6.27. The van der Waals surface area contributed by atoms with Crippen molar-refractivity contribution >= 4 is 33.0 Å². The maximum Gasteiger partial charge on any atom is 0.140 e. The number of hydrogen-bond donors (Lipinski definition) is 1. The molecule has 1 atom stereocenters. The predicted molar refractivity (Wildman–Crippen MR) is 78.7 cm³/mol. The van der Waals surface area contributed by atoms with Gasteiger partial charge < -0.3 is 5.73 Å². The van der Waals surface area contributed by atoms with E-state index in [9.17, 15) is 4.79 Å². The zero-order valence-corrected chi connectivity index (χ0v) is 12.2. The molecule has 0 saturated carbocycles. The van der Waals surface area contributed by atoms with Crippen LogP contribution in [-0.4, -0.2) is 5.78 Å². The summed E-state index contributed by atoms with van der Waals surface area (Å²) in [5, 5.41) is 1.98. The van der Waals surface area contributed by atoms with E-state index in [-0.39, 0.29) is 11.8 Å². The number of rotatable bonds is 5. The van der Waals surface area contributed by atoms with Crippen molar-refractivity contribution in [3.05, 3.63) is 56.7 Å². The molecular formula is C14H14BrNOS. The lowest BCUT2D eigenvalue weighted by molar-refractivity contribution is -0.118. The van der Waals surface area contributed by atoms with Gasteiger partial charge in [0, 0.05) is 28.2 Å². The average Bonchev–Trinajstić information content (AvgIpc) is 2.76. The maximum atomic E-state index is 12.0. The van der Waals surface area contributed by atoms with Crippen molar-refractivity contribution in [3.8, 4) is 0 Å². The van der Waals surface area contributed by atoms with Gasteiger partial charge in [-0.15, -0.1) is 11.3 Å². The molecule has 0 aliphatic carbocycles. The van der Waals surface area contributed by atoms with Gasteiger partial charge in [-0.25, -0.2) is 0 Å². The highest BCUT2D eigenvalue weighted by Gasteiger charge is 2.13. The van der Waals surface area contributed by atoms with Crippen LogP contribution in [0.15, 0.2) is 46.3 Å². The fourth-order valence-corrected chi connectivity index (χ4v) is 3.29. The number of nitrogens with two attached hydrogens (primary N) is 1. The number of benzene rings is 1. The molecule has 1 aromatic heterocycles. The molecule has 1 heterocycles. The number of carbonyl (C=O) groups is 1. The van der Waals surface area contributed by atoms with Crippen molar-refractivity contribution in [1.29, 1.82) is 0 Å². The average molecular weight is 324 g/mol. The summed E-state index contributed by atoms with van der Waals surface area (Å²) in [6.07, 6.45) is 0.840. The topological polar surface area (TPSA) is 43.1 Å². The Morgan fingerprint density at radius 2 is 2.00 bits per heavy atom. The molecule has 0 amide bonds. The van der Waals surface area contributed by atoms with Crippen LogP contribution in [0.4, 0.5) is 0 Å². The SMILES string of the molecule is NC(CC(=O)Cc1sccc1Br)c1ccccc1. The summed E-state index contributed by atoms with van der Waals surface area (Å²) in [5.41, 5.74) is 7.04. The summed E-state index contributed by atoms with van der Waals surface area (Å²) in [4.78, 5) is 13.0. The highest BCUT2D eigenvalue weighted by molar-refractivity contribution is 9.10. The lowest BCUT2D eigenvalue weighted by atomic mass is 10.0. The third-order valence-electron chi connectivity index (χ3n) is 2.72. The lowest BCUT2D eigenvalue weighted by Gasteiger charge is -2.10. The molecule has 0 radical (unpaired) electrons. The minimum Gasteiger partial charge on any atom is -0.324 e. The van der Waals surface area contributed by atoms with Crippen LogP contribution >= 0.6 is 27.3 Å².